The van der Waals surface area contributed by atoms with Gasteiger partial charge in [0.2, 0.25) is 0 Å². The second-order valence-corrected chi connectivity index (χ2v) is 8.90. The van der Waals surface area contributed by atoms with E-state index in [1.165, 1.54) is 0 Å². The van der Waals surface area contributed by atoms with Crippen LogP contribution >= 0.6 is 0 Å². The number of carbonyl (C=O) groups is 1. The van der Waals surface area contributed by atoms with Crippen molar-refractivity contribution in [2.75, 3.05) is 19.8 Å². The highest BCUT2D eigenvalue weighted by molar-refractivity contribution is 5.51. The van der Waals surface area contributed by atoms with Crippen LogP contribution in [-0.2, 0) is 23.7 Å². The third-order valence-corrected chi connectivity index (χ3v) is 6.50. The van der Waals surface area contributed by atoms with E-state index < -0.39 is 92.2 Å². The van der Waals surface area contributed by atoms with Crippen molar-refractivity contribution in [3.63, 3.8) is 0 Å². The van der Waals surface area contributed by atoms with Crippen molar-refractivity contribution >= 4 is 6.29 Å². The zero-order valence-corrected chi connectivity index (χ0v) is 18.4. The number of aliphatic hydroxyl groups excluding tert-OH is 6. The number of nitrogens with one attached hydrogen (secondary N) is 1. The molecule has 14 atom stereocenters. The summed E-state index contributed by atoms with van der Waals surface area (Å²) in [5.74, 6) is 0. The molecule has 1 aliphatic carbocycles. The Bertz CT molecular complexity index is 664. The molecule has 0 aromatic rings. The molecule has 0 spiro atoms. The van der Waals surface area contributed by atoms with E-state index in [2.05, 4.69) is 5.32 Å². The van der Waals surface area contributed by atoms with E-state index in [-0.39, 0.29) is 19.6 Å². The van der Waals surface area contributed by atoms with Gasteiger partial charge in [0.1, 0.15) is 49.0 Å². The molecule has 0 aromatic heterocycles. The van der Waals surface area contributed by atoms with Crippen molar-refractivity contribution < 1.29 is 54.4 Å². The topological polar surface area (TPSA) is 265 Å². The summed E-state index contributed by atoms with van der Waals surface area (Å²) in [7, 11) is 0. The minimum atomic E-state index is -1.46. The molecule has 3 fully saturated rings. The Morgan fingerprint density at radius 1 is 0.912 bits per heavy atom. The molecule has 2 saturated heterocycles. The number of aldehydes is 1. The first-order valence-corrected chi connectivity index (χ1v) is 11.1. The van der Waals surface area contributed by atoms with E-state index in [0.29, 0.717) is 6.29 Å². The van der Waals surface area contributed by atoms with Crippen LogP contribution in [0.5, 0.6) is 0 Å². The Balaban J connectivity index is 1.69. The Labute approximate surface area is 195 Å². The first-order valence-electron chi connectivity index (χ1n) is 11.1. The van der Waals surface area contributed by atoms with Crippen molar-refractivity contribution in [3.8, 4) is 0 Å². The molecule has 0 amide bonds. The number of nitrogens with two attached hydrogens (primary N) is 3. The lowest BCUT2D eigenvalue weighted by Crippen LogP contribution is -2.68. The monoisotopic (exact) mass is 496 g/mol. The zero-order valence-electron chi connectivity index (χ0n) is 18.4. The number of hydrogen-bond acceptors (Lipinski definition) is 15. The summed E-state index contributed by atoms with van der Waals surface area (Å²) >= 11 is 0. The van der Waals surface area contributed by atoms with Crippen LogP contribution in [0.1, 0.15) is 6.42 Å². The summed E-state index contributed by atoms with van der Waals surface area (Å²) in [4.78, 5) is 10.7. The van der Waals surface area contributed by atoms with Gasteiger partial charge in [-0.1, -0.05) is 0 Å². The van der Waals surface area contributed by atoms with Crippen molar-refractivity contribution in [1.29, 1.82) is 0 Å². The molecule has 2 heterocycles. The second-order valence-electron chi connectivity index (χ2n) is 8.90. The van der Waals surface area contributed by atoms with E-state index >= 15 is 0 Å². The molecular weight excluding hydrogens is 460 g/mol. The highest BCUT2D eigenvalue weighted by Crippen LogP contribution is 2.30. The molecule has 0 aromatic carbocycles. The normalized spacial score (nSPS) is 50.1. The van der Waals surface area contributed by atoms with Gasteiger partial charge in [-0.2, -0.15) is 0 Å². The van der Waals surface area contributed by atoms with Gasteiger partial charge in [-0.05, 0) is 6.42 Å². The van der Waals surface area contributed by atoms with Crippen molar-refractivity contribution in [2.24, 2.45) is 17.2 Å². The van der Waals surface area contributed by atoms with Crippen LogP contribution < -0.4 is 22.5 Å². The van der Waals surface area contributed by atoms with Gasteiger partial charge in [-0.3, -0.25) is 0 Å². The molecule has 0 bridgehead atoms. The fourth-order valence-corrected chi connectivity index (χ4v) is 4.53. The quantitative estimate of drug-likeness (QED) is 0.140. The van der Waals surface area contributed by atoms with Crippen molar-refractivity contribution in [2.45, 2.75) is 92.0 Å². The molecule has 15 heteroatoms. The Morgan fingerprint density at radius 3 is 2.12 bits per heavy atom. The lowest BCUT2D eigenvalue weighted by molar-refractivity contribution is -0.311. The summed E-state index contributed by atoms with van der Waals surface area (Å²) in [6, 6.07) is -3.71. The SMILES string of the molecule is NC1CC(N)C(OC2OCC(O)C(NCC=O)C2O)C(O)C1OC1OC(CO)C(O)C(O)C1N. The number of hydrogen-bond donors (Lipinski definition) is 10. The predicted octanol–water partition coefficient (Wildman–Crippen LogP) is -6.82. The van der Waals surface area contributed by atoms with Gasteiger partial charge in [0.05, 0.1) is 37.9 Å². The molecule has 1 saturated carbocycles. The summed E-state index contributed by atoms with van der Waals surface area (Å²) < 4.78 is 22.4. The number of carbonyl (C=O) groups excluding carboxylic acids is 1. The first-order chi connectivity index (χ1) is 16.1. The van der Waals surface area contributed by atoms with Crippen LogP contribution in [0.3, 0.4) is 0 Å². The molecule has 3 aliphatic rings. The summed E-state index contributed by atoms with van der Waals surface area (Å²) in [6.45, 7) is -0.926. The van der Waals surface area contributed by atoms with Gasteiger partial charge in [0, 0.05) is 12.1 Å². The molecule has 13 N–H and O–H groups in total. The largest absolute Gasteiger partial charge is 0.394 e. The van der Waals surface area contributed by atoms with Crippen LogP contribution in [0, 0.1) is 0 Å². The minimum Gasteiger partial charge on any atom is -0.394 e. The zero-order chi connectivity index (χ0) is 25.2. The number of ether oxygens (including phenoxy) is 4. The van der Waals surface area contributed by atoms with Gasteiger partial charge in [-0.15, -0.1) is 0 Å². The summed E-state index contributed by atoms with van der Waals surface area (Å²) in [5, 5.41) is 63.8. The second kappa shape index (κ2) is 11.9. The maximum Gasteiger partial charge on any atom is 0.185 e. The highest BCUT2D eigenvalue weighted by Gasteiger charge is 2.50. The number of rotatable bonds is 8. The molecule has 2 aliphatic heterocycles. The Hall–Kier alpha value is -0.890. The van der Waals surface area contributed by atoms with E-state index in [0.717, 1.165) is 0 Å². The lowest BCUT2D eigenvalue weighted by Gasteiger charge is -2.47. The van der Waals surface area contributed by atoms with Crippen LogP contribution in [0.2, 0.25) is 0 Å². The van der Waals surface area contributed by atoms with Gasteiger partial charge in [-0.25, -0.2) is 0 Å². The van der Waals surface area contributed by atoms with E-state index in [4.69, 9.17) is 36.1 Å². The highest BCUT2D eigenvalue weighted by atomic mass is 16.7. The van der Waals surface area contributed by atoms with E-state index in [1.54, 1.807) is 0 Å². The van der Waals surface area contributed by atoms with Crippen LogP contribution in [0.15, 0.2) is 0 Å². The van der Waals surface area contributed by atoms with Crippen molar-refractivity contribution in [1.82, 2.24) is 5.32 Å². The van der Waals surface area contributed by atoms with Gasteiger partial charge >= 0.3 is 0 Å². The van der Waals surface area contributed by atoms with E-state index in [9.17, 15) is 35.4 Å². The maximum atomic E-state index is 11.0. The maximum absolute atomic E-state index is 11.0. The molecule has 3 rings (SSSR count). The van der Waals surface area contributed by atoms with Crippen LogP contribution in [0.4, 0.5) is 0 Å². The van der Waals surface area contributed by atoms with Crippen molar-refractivity contribution in [3.05, 3.63) is 0 Å². The average molecular weight is 497 g/mol. The van der Waals surface area contributed by atoms with E-state index in [1.807, 2.05) is 0 Å². The van der Waals surface area contributed by atoms with Crippen LogP contribution in [-0.4, -0.2) is 142 Å². The van der Waals surface area contributed by atoms with Gasteiger partial charge in [0.15, 0.2) is 12.6 Å². The molecule has 0 radical (unpaired) electrons. The summed E-state index contributed by atoms with van der Waals surface area (Å²) in [5.41, 5.74) is 18.2. The Kier molecular flexibility index (Phi) is 9.69. The molecule has 198 valence electrons. The average Bonchev–Trinajstić information content (AvgIpc) is 2.80. The first kappa shape index (κ1) is 27.7. The molecule has 34 heavy (non-hydrogen) atoms. The lowest BCUT2D eigenvalue weighted by atomic mass is 9.84. The fraction of sp³-hybridized carbons (Fsp3) is 0.947. The van der Waals surface area contributed by atoms with Gasteiger partial charge < -0.3 is 76.9 Å². The minimum absolute atomic E-state index is 0.112. The van der Waals surface area contributed by atoms with Gasteiger partial charge in [0.25, 0.3) is 0 Å². The summed E-state index contributed by atoms with van der Waals surface area (Å²) in [6.07, 6.45) is -12.2. The third kappa shape index (κ3) is 5.74. The molecule has 15 nitrogen and oxygen atoms in total. The standard InChI is InChI=1S/C19H36N4O11/c20-6-3-7(21)17(34-19-14(29)11(23-1-2-24)8(26)5-31-19)15(30)16(6)33-18-10(22)13(28)12(27)9(4-25)32-18/h2,6-19,23,25-30H,1,3-5,20-22H2. The number of aliphatic hydroxyl groups is 6. The molecular formula is C19H36N4O11. The third-order valence-electron chi connectivity index (χ3n) is 6.50. The predicted molar refractivity (Wildman–Crippen MR) is 112 cm³/mol. The fourth-order valence-electron chi connectivity index (χ4n) is 4.53. The Morgan fingerprint density at radius 2 is 1.53 bits per heavy atom. The smallest absolute Gasteiger partial charge is 0.185 e. The molecule has 14 unspecified atom stereocenters. The van der Waals surface area contributed by atoms with Crippen LogP contribution in [0.25, 0.3) is 0 Å².